The number of primary amides is 1. The van der Waals surface area contributed by atoms with Crippen molar-refractivity contribution < 1.29 is 4.79 Å². The van der Waals surface area contributed by atoms with Gasteiger partial charge >= 0.3 is 0 Å². The minimum atomic E-state index is -0.555. The van der Waals surface area contributed by atoms with Gasteiger partial charge in [0.15, 0.2) is 0 Å². The number of amides is 1. The van der Waals surface area contributed by atoms with Gasteiger partial charge in [0.05, 0.1) is 0 Å². The predicted octanol–water partition coefficient (Wildman–Crippen LogP) is 2.84. The van der Waals surface area contributed by atoms with Crippen molar-refractivity contribution in [2.45, 2.75) is 45.1 Å². The van der Waals surface area contributed by atoms with E-state index in [4.69, 9.17) is 5.73 Å². The molecule has 2 unspecified atom stereocenters. The summed E-state index contributed by atoms with van der Waals surface area (Å²) < 4.78 is 0. The van der Waals surface area contributed by atoms with Crippen LogP contribution in [0.1, 0.15) is 38.2 Å². The molecule has 0 aromatic heterocycles. The maximum atomic E-state index is 12.0. The fraction of sp³-hybridized carbons (Fsp3) is 0.533. The number of hydrogen-bond donors (Lipinski definition) is 2. The van der Waals surface area contributed by atoms with Crippen LogP contribution in [-0.2, 0) is 4.79 Å². The highest BCUT2D eigenvalue weighted by molar-refractivity contribution is 5.89. The predicted molar refractivity (Wildman–Crippen MR) is 74.4 cm³/mol. The highest BCUT2D eigenvalue weighted by atomic mass is 16.1. The van der Waals surface area contributed by atoms with Gasteiger partial charge in [-0.25, -0.2) is 0 Å². The third kappa shape index (κ3) is 2.09. The van der Waals surface area contributed by atoms with Crippen LogP contribution in [0.25, 0.3) is 0 Å². The molecule has 0 bridgehead atoms. The molecule has 1 fully saturated rings. The van der Waals surface area contributed by atoms with E-state index in [2.05, 4.69) is 12.2 Å². The van der Waals surface area contributed by atoms with E-state index >= 15 is 0 Å². The van der Waals surface area contributed by atoms with Crippen LogP contribution in [0.3, 0.4) is 0 Å². The Bertz CT molecular complexity index is 444. The van der Waals surface area contributed by atoms with Gasteiger partial charge in [-0.2, -0.15) is 0 Å². The number of rotatable bonds is 4. The van der Waals surface area contributed by atoms with Gasteiger partial charge in [0.25, 0.3) is 0 Å². The van der Waals surface area contributed by atoms with E-state index in [-0.39, 0.29) is 5.91 Å². The van der Waals surface area contributed by atoms with Crippen LogP contribution >= 0.6 is 0 Å². The first-order chi connectivity index (χ1) is 8.60. The van der Waals surface area contributed by atoms with E-state index in [1.807, 2.05) is 31.2 Å². The number of nitrogens with two attached hydrogens (primary N) is 1. The molecule has 3 nitrogen and oxygen atoms in total. The lowest BCUT2D eigenvalue weighted by molar-refractivity contribution is -0.123. The summed E-state index contributed by atoms with van der Waals surface area (Å²) in [6.45, 7) is 4.18. The first-order valence-electron chi connectivity index (χ1n) is 6.74. The first-order valence-corrected chi connectivity index (χ1v) is 6.74. The molecule has 2 atom stereocenters. The molecule has 0 radical (unpaired) electrons. The number of carbonyl (C=O) groups excluding carboxylic acids is 1. The zero-order valence-corrected chi connectivity index (χ0v) is 11.2. The number of anilines is 1. The lowest BCUT2D eigenvalue weighted by Crippen LogP contribution is -2.53. The molecular formula is C15H22N2O. The van der Waals surface area contributed by atoms with Crippen molar-refractivity contribution >= 4 is 11.6 Å². The SMILES string of the molecule is CCC1CCCC1(Nc1ccccc1C)C(N)=O. The zero-order valence-electron chi connectivity index (χ0n) is 11.2. The van der Waals surface area contributed by atoms with Gasteiger partial charge in [0.1, 0.15) is 5.54 Å². The van der Waals surface area contributed by atoms with Crippen molar-refractivity contribution in [3.05, 3.63) is 29.8 Å². The second-order valence-corrected chi connectivity index (χ2v) is 5.27. The van der Waals surface area contributed by atoms with Crippen LogP contribution < -0.4 is 11.1 Å². The molecule has 1 aliphatic rings. The number of para-hydroxylation sites is 1. The van der Waals surface area contributed by atoms with E-state index in [9.17, 15) is 4.79 Å². The molecular weight excluding hydrogens is 224 g/mol. The van der Waals surface area contributed by atoms with Crippen molar-refractivity contribution in [2.24, 2.45) is 11.7 Å². The smallest absolute Gasteiger partial charge is 0.243 e. The Morgan fingerprint density at radius 2 is 2.22 bits per heavy atom. The van der Waals surface area contributed by atoms with E-state index in [1.165, 1.54) is 0 Å². The van der Waals surface area contributed by atoms with Gasteiger partial charge in [0.2, 0.25) is 5.91 Å². The fourth-order valence-electron chi connectivity index (χ4n) is 3.13. The summed E-state index contributed by atoms with van der Waals surface area (Å²) in [5.74, 6) is 0.129. The first kappa shape index (κ1) is 12.9. The molecule has 1 aliphatic carbocycles. The monoisotopic (exact) mass is 246 g/mol. The van der Waals surface area contributed by atoms with Crippen molar-refractivity contribution in [1.82, 2.24) is 0 Å². The van der Waals surface area contributed by atoms with Gasteiger partial charge in [-0.3, -0.25) is 4.79 Å². The zero-order chi connectivity index (χ0) is 13.2. The Labute approximate surface area is 109 Å². The largest absolute Gasteiger partial charge is 0.371 e. The Balaban J connectivity index is 2.33. The Morgan fingerprint density at radius 3 is 2.83 bits per heavy atom. The number of aryl methyl sites for hydroxylation is 1. The minimum Gasteiger partial charge on any atom is -0.371 e. The summed E-state index contributed by atoms with van der Waals surface area (Å²) in [6, 6.07) is 8.06. The molecule has 0 saturated heterocycles. The highest BCUT2D eigenvalue weighted by Crippen LogP contribution is 2.40. The summed E-state index contributed by atoms with van der Waals surface area (Å²) >= 11 is 0. The molecule has 1 amide bonds. The molecule has 18 heavy (non-hydrogen) atoms. The van der Waals surface area contributed by atoms with Gasteiger partial charge in [-0.1, -0.05) is 38.0 Å². The van der Waals surface area contributed by atoms with Gasteiger partial charge in [0, 0.05) is 5.69 Å². The van der Waals surface area contributed by atoms with E-state index in [0.717, 1.165) is 36.9 Å². The molecule has 0 heterocycles. The standard InChI is InChI=1S/C15H22N2O/c1-3-12-8-6-10-15(12,14(16)18)17-13-9-5-4-7-11(13)2/h4-5,7,9,12,17H,3,6,8,10H2,1-2H3,(H2,16,18). The van der Waals surface area contributed by atoms with Crippen molar-refractivity contribution in [3.63, 3.8) is 0 Å². The molecule has 3 N–H and O–H groups in total. The summed E-state index contributed by atoms with van der Waals surface area (Å²) in [4.78, 5) is 12.0. The second-order valence-electron chi connectivity index (χ2n) is 5.27. The summed E-state index contributed by atoms with van der Waals surface area (Å²) in [7, 11) is 0. The van der Waals surface area contributed by atoms with Crippen molar-refractivity contribution in [3.8, 4) is 0 Å². The van der Waals surface area contributed by atoms with Gasteiger partial charge in [-0.05, 0) is 37.3 Å². The normalized spacial score (nSPS) is 27.1. The molecule has 1 saturated carbocycles. The Kier molecular flexibility index (Phi) is 3.60. The second kappa shape index (κ2) is 5.01. The molecule has 2 rings (SSSR count). The molecule has 1 aromatic carbocycles. The van der Waals surface area contributed by atoms with Gasteiger partial charge < -0.3 is 11.1 Å². The van der Waals surface area contributed by atoms with Gasteiger partial charge in [-0.15, -0.1) is 0 Å². The quantitative estimate of drug-likeness (QED) is 0.858. The number of hydrogen-bond acceptors (Lipinski definition) is 2. The van der Waals surface area contributed by atoms with Crippen LogP contribution in [0.5, 0.6) is 0 Å². The molecule has 3 heteroatoms. The van der Waals surface area contributed by atoms with Crippen LogP contribution in [0.15, 0.2) is 24.3 Å². The lowest BCUT2D eigenvalue weighted by Gasteiger charge is -2.34. The minimum absolute atomic E-state index is 0.213. The summed E-state index contributed by atoms with van der Waals surface area (Å²) in [5, 5.41) is 3.45. The maximum Gasteiger partial charge on any atom is 0.243 e. The van der Waals surface area contributed by atoms with E-state index in [0.29, 0.717) is 5.92 Å². The molecule has 0 aliphatic heterocycles. The maximum absolute atomic E-state index is 12.0. The fourth-order valence-corrected chi connectivity index (χ4v) is 3.13. The van der Waals surface area contributed by atoms with Crippen molar-refractivity contribution in [1.29, 1.82) is 0 Å². The van der Waals surface area contributed by atoms with E-state index < -0.39 is 5.54 Å². The third-order valence-corrected chi connectivity index (χ3v) is 4.26. The third-order valence-electron chi connectivity index (χ3n) is 4.26. The topological polar surface area (TPSA) is 55.1 Å². The van der Waals surface area contributed by atoms with Crippen LogP contribution in [0, 0.1) is 12.8 Å². The van der Waals surface area contributed by atoms with Crippen LogP contribution in [0.2, 0.25) is 0 Å². The summed E-state index contributed by atoms with van der Waals surface area (Å²) in [5.41, 5.74) is 7.32. The summed E-state index contributed by atoms with van der Waals surface area (Å²) in [6.07, 6.45) is 3.98. The number of carbonyl (C=O) groups is 1. The van der Waals surface area contributed by atoms with E-state index in [1.54, 1.807) is 0 Å². The van der Waals surface area contributed by atoms with Crippen molar-refractivity contribution in [2.75, 3.05) is 5.32 Å². The molecule has 1 aromatic rings. The molecule has 0 spiro atoms. The van der Waals surface area contributed by atoms with Crippen LogP contribution in [-0.4, -0.2) is 11.4 Å². The number of benzene rings is 1. The Hall–Kier alpha value is -1.51. The van der Waals surface area contributed by atoms with Crippen LogP contribution in [0.4, 0.5) is 5.69 Å². The average molecular weight is 246 g/mol. The molecule has 98 valence electrons. The Morgan fingerprint density at radius 1 is 1.50 bits per heavy atom. The number of nitrogens with one attached hydrogen (secondary N) is 1. The highest BCUT2D eigenvalue weighted by Gasteiger charge is 2.46. The average Bonchev–Trinajstić information content (AvgIpc) is 2.76. The lowest BCUT2D eigenvalue weighted by atomic mass is 9.84.